The first-order chi connectivity index (χ1) is 23.5. The van der Waals surface area contributed by atoms with Gasteiger partial charge in [-0.1, -0.05) is 95.1 Å². The number of aromatic nitrogens is 2. The Labute approximate surface area is 297 Å². The lowest BCUT2D eigenvalue weighted by atomic mass is 10.2. The quantitative estimate of drug-likeness (QED) is 0.0521. The maximum absolute atomic E-state index is 12.2. The molecule has 0 aliphatic rings. The molecule has 48 heavy (non-hydrogen) atoms. The topological polar surface area (TPSA) is 142 Å². The van der Waals surface area contributed by atoms with Crippen LogP contribution in [0.15, 0.2) is 71.4 Å². The fourth-order valence-corrected chi connectivity index (χ4v) is 7.63. The van der Waals surface area contributed by atoms with Gasteiger partial charge in [-0.25, -0.2) is 9.97 Å². The summed E-state index contributed by atoms with van der Waals surface area (Å²) in [5.41, 5.74) is 3.73. The van der Waals surface area contributed by atoms with Crippen LogP contribution < -0.4 is 21.3 Å². The first-order valence-corrected chi connectivity index (χ1v) is 20.1. The Kier molecular flexibility index (Phi) is 16.5. The van der Waals surface area contributed by atoms with Gasteiger partial charge in [0.2, 0.25) is 23.6 Å². The van der Waals surface area contributed by atoms with Crippen molar-refractivity contribution in [2.75, 3.05) is 35.2 Å². The van der Waals surface area contributed by atoms with Gasteiger partial charge in [0.15, 0.2) is 10.3 Å². The fourth-order valence-electron chi connectivity index (χ4n) is 4.43. The standard InChI is InChI=1S/C34H40N6O4S4/c41-29(39-33-37-27(21-45-33)25-13-5-1-6-14-25)17-9-3-11-19-35-31(43)23-47-48-24-32(44)36-20-12-4-10-18-30(42)40-34-38-28(22-46-34)26-15-7-2-8-16-26/h1-2,5-8,13-16,21-22H,3-4,9-12,17-20,23-24H2,(H,35,43)(H,36,44)(H,37,39,41)(H,38,40,42). The number of nitrogens with zero attached hydrogens (tertiary/aromatic N) is 2. The van der Waals surface area contributed by atoms with Crippen molar-refractivity contribution in [1.82, 2.24) is 20.6 Å². The lowest BCUT2D eigenvalue weighted by Gasteiger charge is -2.06. The normalized spacial score (nSPS) is 10.8. The van der Waals surface area contributed by atoms with Crippen LogP contribution in [0.3, 0.4) is 0 Å². The van der Waals surface area contributed by atoms with E-state index in [1.54, 1.807) is 0 Å². The number of hydrogen-bond acceptors (Lipinski definition) is 10. The van der Waals surface area contributed by atoms with Crippen LogP contribution in [0.5, 0.6) is 0 Å². The van der Waals surface area contributed by atoms with Crippen LogP contribution in [0.4, 0.5) is 10.3 Å². The molecule has 4 aromatic rings. The number of nitrogens with one attached hydrogen (secondary N) is 4. The molecule has 0 aliphatic heterocycles. The summed E-state index contributed by atoms with van der Waals surface area (Å²) in [7, 11) is 2.70. The van der Waals surface area contributed by atoms with E-state index in [9.17, 15) is 19.2 Å². The molecule has 0 saturated carbocycles. The van der Waals surface area contributed by atoms with E-state index in [4.69, 9.17) is 0 Å². The average molecular weight is 725 g/mol. The van der Waals surface area contributed by atoms with Gasteiger partial charge in [0, 0.05) is 47.8 Å². The minimum atomic E-state index is -0.0702. The van der Waals surface area contributed by atoms with Gasteiger partial charge in [-0.05, 0) is 25.7 Å². The lowest BCUT2D eigenvalue weighted by molar-refractivity contribution is -0.119. The van der Waals surface area contributed by atoms with Gasteiger partial charge in [0.05, 0.1) is 22.9 Å². The molecule has 254 valence electrons. The van der Waals surface area contributed by atoms with Gasteiger partial charge in [-0.3, -0.25) is 19.2 Å². The molecule has 4 amide bonds. The van der Waals surface area contributed by atoms with Crippen molar-refractivity contribution in [1.29, 1.82) is 0 Å². The van der Waals surface area contributed by atoms with Crippen LogP contribution in [0, 0.1) is 0 Å². The molecule has 0 radical (unpaired) electrons. The smallest absolute Gasteiger partial charge is 0.230 e. The number of unbranched alkanes of at least 4 members (excludes halogenated alkanes) is 4. The number of amides is 4. The Morgan fingerprint density at radius 1 is 0.542 bits per heavy atom. The van der Waals surface area contributed by atoms with Crippen LogP contribution in [0.1, 0.15) is 51.4 Å². The molecule has 0 saturated heterocycles. The molecule has 10 nitrogen and oxygen atoms in total. The van der Waals surface area contributed by atoms with Gasteiger partial charge in [0.1, 0.15) is 0 Å². The van der Waals surface area contributed by atoms with Crippen LogP contribution in [0.25, 0.3) is 22.5 Å². The maximum atomic E-state index is 12.2. The van der Waals surface area contributed by atoms with Crippen LogP contribution in [0.2, 0.25) is 0 Å². The summed E-state index contributed by atoms with van der Waals surface area (Å²) in [5.74, 6) is 0.288. The highest BCUT2D eigenvalue weighted by Gasteiger charge is 2.10. The second kappa shape index (κ2) is 21.3. The largest absolute Gasteiger partial charge is 0.355 e. The molecule has 4 rings (SSSR count). The molecule has 4 N–H and O–H groups in total. The molecular weight excluding hydrogens is 685 g/mol. The van der Waals surface area contributed by atoms with Crippen molar-refractivity contribution in [3.63, 3.8) is 0 Å². The minimum absolute atomic E-state index is 0.0592. The highest BCUT2D eigenvalue weighted by Crippen LogP contribution is 2.26. The number of rotatable bonds is 21. The number of anilines is 2. The van der Waals surface area contributed by atoms with Gasteiger partial charge < -0.3 is 21.3 Å². The summed E-state index contributed by atoms with van der Waals surface area (Å²) in [6, 6.07) is 19.7. The van der Waals surface area contributed by atoms with E-state index in [0.717, 1.165) is 61.0 Å². The highest BCUT2D eigenvalue weighted by molar-refractivity contribution is 8.77. The molecule has 2 aromatic carbocycles. The molecule has 14 heteroatoms. The third-order valence-corrected chi connectivity index (χ3v) is 10.6. The molecule has 0 bridgehead atoms. The predicted octanol–water partition coefficient (Wildman–Crippen LogP) is 7.25. The van der Waals surface area contributed by atoms with Crippen molar-refractivity contribution < 1.29 is 19.2 Å². The molecule has 0 fully saturated rings. The SMILES string of the molecule is O=C(CSSCC(=O)NCCCCCC(=O)Nc1nc(-c2ccccc2)cs1)NCCCCCC(=O)Nc1nc(-c2ccccc2)cs1. The van der Waals surface area contributed by atoms with Gasteiger partial charge in [0.25, 0.3) is 0 Å². The first kappa shape index (κ1) is 37.1. The van der Waals surface area contributed by atoms with E-state index in [2.05, 4.69) is 31.2 Å². The molecule has 0 spiro atoms. The monoisotopic (exact) mass is 724 g/mol. The van der Waals surface area contributed by atoms with Crippen molar-refractivity contribution in [3.05, 3.63) is 71.4 Å². The third kappa shape index (κ3) is 14.2. The molecular formula is C34H40N6O4S4. The highest BCUT2D eigenvalue weighted by atomic mass is 33.1. The van der Waals surface area contributed by atoms with E-state index < -0.39 is 0 Å². The Morgan fingerprint density at radius 3 is 1.38 bits per heavy atom. The molecule has 2 aromatic heterocycles. The van der Waals surface area contributed by atoms with E-state index in [-0.39, 0.29) is 35.1 Å². The zero-order chi connectivity index (χ0) is 33.8. The van der Waals surface area contributed by atoms with E-state index in [0.29, 0.717) is 36.2 Å². The van der Waals surface area contributed by atoms with Crippen LogP contribution in [-0.4, -0.2) is 58.2 Å². The average Bonchev–Trinajstić information content (AvgIpc) is 3.77. The van der Waals surface area contributed by atoms with Gasteiger partial charge in [-0.2, -0.15) is 0 Å². The number of hydrogen-bond donors (Lipinski definition) is 4. The predicted molar refractivity (Wildman–Crippen MR) is 200 cm³/mol. The summed E-state index contributed by atoms with van der Waals surface area (Å²) in [6.45, 7) is 1.11. The Morgan fingerprint density at radius 2 is 0.958 bits per heavy atom. The number of carbonyl (C=O) groups excluding carboxylic acids is 4. The van der Waals surface area contributed by atoms with Crippen molar-refractivity contribution in [3.8, 4) is 22.5 Å². The summed E-state index contributed by atoms with van der Waals surface area (Å²) in [5, 5.41) is 16.6. The zero-order valence-electron chi connectivity index (χ0n) is 26.6. The molecule has 2 heterocycles. The number of benzene rings is 2. The minimum Gasteiger partial charge on any atom is -0.355 e. The number of thiazole rings is 2. The Bertz CT molecular complexity index is 1460. The zero-order valence-corrected chi connectivity index (χ0v) is 29.8. The summed E-state index contributed by atoms with van der Waals surface area (Å²) in [6.07, 6.45) is 5.53. The third-order valence-electron chi connectivity index (χ3n) is 6.91. The van der Waals surface area contributed by atoms with Crippen LogP contribution >= 0.6 is 44.3 Å². The Balaban J connectivity index is 0.917. The van der Waals surface area contributed by atoms with E-state index in [1.807, 2.05) is 71.4 Å². The number of carbonyl (C=O) groups is 4. The van der Waals surface area contributed by atoms with E-state index >= 15 is 0 Å². The van der Waals surface area contributed by atoms with E-state index in [1.165, 1.54) is 44.3 Å². The summed E-state index contributed by atoms with van der Waals surface area (Å²) < 4.78 is 0. The summed E-state index contributed by atoms with van der Waals surface area (Å²) in [4.78, 5) is 57.6. The maximum Gasteiger partial charge on any atom is 0.230 e. The second-order valence-electron chi connectivity index (χ2n) is 10.7. The fraction of sp³-hybridized carbons (Fsp3) is 0.353. The molecule has 0 atom stereocenters. The lowest BCUT2D eigenvalue weighted by Crippen LogP contribution is -2.27. The molecule has 0 unspecified atom stereocenters. The molecule has 0 aliphatic carbocycles. The Hall–Kier alpha value is -3.72. The van der Waals surface area contributed by atoms with Crippen molar-refractivity contribution in [2.45, 2.75) is 51.4 Å². The van der Waals surface area contributed by atoms with Crippen LogP contribution in [-0.2, 0) is 19.2 Å². The van der Waals surface area contributed by atoms with Crippen molar-refractivity contribution >= 4 is 78.2 Å². The second-order valence-corrected chi connectivity index (χ2v) is 14.9. The summed E-state index contributed by atoms with van der Waals surface area (Å²) >= 11 is 2.82. The first-order valence-electron chi connectivity index (χ1n) is 15.9. The van der Waals surface area contributed by atoms with Gasteiger partial charge >= 0.3 is 0 Å². The van der Waals surface area contributed by atoms with Crippen molar-refractivity contribution in [2.24, 2.45) is 0 Å². The van der Waals surface area contributed by atoms with Gasteiger partial charge in [-0.15, -0.1) is 22.7 Å².